The van der Waals surface area contributed by atoms with Crippen molar-refractivity contribution in [3.05, 3.63) is 35.9 Å². The number of nitrogens with one attached hydrogen (secondary N) is 5. The standard InChI is InChI=1S/C49H79N9O15/c1-3-4-21-50-40(59)17-10-5-6-11-18-41(60)51-22-13-12-16-37(48(70)71)54-47(69)38(31-36-14-8-7-9-15-36)53-43(62)32-52-42(61)20-19-39(49(72)73-2)58-29-27-56(34-45(65)66)25-23-55(33-44(63)64)24-26-57(28-30-58)35-46(67)68/h7-9,14-15,37-39H,3-6,10-13,16-35H2,1-2H3,(H,50,59)(H,51,60)(H,52,61)(H,53,62)(H,54,69)(H,63,64)(H,65,66)(H,67,68)(H,70,71)/t37-,38-,39-/m1/s1. The van der Waals surface area contributed by atoms with Crippen LogP contribution in [0.3, 0.4) is 0 Å². The minimum Gasteiger partial charge on any atom is -0.480 e. The Hall–Kier alpha value is -6.24. The van der Waals surface area contributed by atoms with Crippen LogP contribution in [0, 0.1) is 0 Å². The van der Waals surface area contributed by atoms with E-state index in [0.29, 0.717) is 50.8 Å². The first kappa shape index (κ1) is 62.9. The van der Waals surface area contributed by atoms with Gasteiger partial charge in [-0.2, -0.15) is 0 Å². The number of nitrogens with zero attached hydrogens (tertiary/aromatic N) is 4. The largest absolute Gasteiger partial charge is 0.480 e. The lowest BCUT2D eigenvalue weighted by Gasteiger charge is -2.35. The molecule has 0 saturated carbocycles. The van der Waals surface area contributed by atoms with E-state index in [-0.39, 0.29) is 109 Å². The van der Waals surface area contributed by atoms with Crippen LogP contribution < -0.4 is 26.6 Å². The Morgan fingerprint density at radius 1 is 0.548 bits per heavy atom. The van der Waals surface area contributed by atoms with Crippen molar-refractivity contribution in [3.8, 4) is 0 Å². The quantitative estimate of drug-likeness (QED) is 0.0317. The molecule has 24 heteroatoms. The zero-order valence-corrected chi connectivity index (χ0v) is 42.5. The van der Waals surface area contributed by atoms with Gasteiger partial charge in [-0.1, -0.05) is 56.5 Å². The average Bonchev–Trinajstić information content (AvgIpc) is 3.33. The molecule has 0 aliphatic carbocycles. The fraction of sp³-hybridized carbons (Fsp3) is 0.673. The molecule has 1 aromatic carbocycles. The Kier molecular flexibility index (Phi) is 31.6. The molecule has 24 nitrogen and oxygen atoms in total. The molecule has 0 unspecified atom stereocenters. The highest BCUT2D eigenvalue weighted by molar-refractivity contribution is 5.92. The summed E-state index contributed by atoms with van der Waals surface area (Å²) in [6, 6.07) is 5.10. The summed E-state index contributed by atoms with van der Waals surface area (Å²) in [7, 11) is 1.16. The summed E-state index contributed by atoms with van der Waals surface area (Å²) < 4.78 is 5.08. The van der Waals surface area contributed by atoms with E-state index in [4.69, 9.17) is 4.74 Å². The maximum absolute atomic E-state index is 13.6. The van der Waals surface area contributed by atoms with Crippen molar-refractivity contribution < 1.29 is 73.1 Å². The molecule has 1 aromatic rings. The number of rotatable bonds is 34. The van der Waals surface area contributed by atoms with Crippen LogP contribution in [-0.4, -0.2) is 216 Å². The second-order valence-corrected chi connectivity index (χ2v) is 18.1. The first-order valence-corrected chi connectivity index (χ1v) is 25.2. The number of methoxy groups -OCH3 is 1. The topological polar surface area (TPSA) is 334 Å². The van der Waals surface area contributed by atoms with Gasteiger partial charge in [0.1, 0.15) is 18.1 Å². The van der Waals surface area contributed by atoms with Crippen LogP contribution in [0.1, 0.15) is 96.0 Å². The van der Waals surface area contributed by atoms with Gasteiger partial charge in [-0.25, -0.2) is 4.79 Å². The number of carboxylic acids is 4. The number of hydrogen-bond acceptors (Lipinski definition) is 15. The van der Waals surface area contributed by atoms with E-state index >= 15 is 0 Å². The highest BCUT2D eigenvalue weighted by Gasteiger charge is 2.31. The maximum Gasteiger partial charge on any atom is 0.326 e. The lowest BCUT2D eigenvalue weighted by atomic mass is 10.0. The van der Waals surface area contributed by atoms with Gasteiger partial charge in [0.15, 0.2) is 0 Å². The number of benzene rings is 1. The second-order valence-electron chi connectivity index (χ2n) is 18.1. The number of amides is 5. The number of hydrogen-bond donors (Lipinski definition) is 9. The average molecular weight is 1030 g/mol. The maximum atomic E-state index is 13.6. The van der Waals surface area contributed by atoms with Crippen LogP contribution >= 0.6 is 0 Å². The van der Waals surface area contributed by atoms with Gasteiger partial charge in [0.25, 0.3) is 0 Å². The Morgan fingerprint density at radius 2 is 1.04 bits per heavy atom. The lowest BCUT2D eigenvalue weighted by molar-refractivity contribution is -0.148. The molecule has 1 heterocycles. The molecule has 0 bridgehead atoms. The monoisotopic (exact) mass is 1030 g/mol. The number of carboxylic acid groups (broad SMARTS) is 4. The summed E-state index contributed by atoms with van der Waals surface area (Å²) in [5.41, 5.74) is 0.660. The highest BCUT2D eigenvalue weighted by atomic mass is 16.5. The zero-order chi connectivity index (χ0) is 54.0. The van der Waals surface area contributed by atoms with E-state index < -0.39 is 72.2 Å². The Morgan fingerprint density at radius 3 is 1.52 bits per heavy atom. The number of esters is 1. The lowest BCUT2D eigenvalue weighted by Crippen LogP contribution is -2.54. The molecule has 9 N–H and O–H groups in total. The molecule has 1 aliphatic heterocycles. The Labute approximate surface area is 427 Å². The van der Waals surface area contributed by atoms with E-state index in [1.165, 1.54) is 0 Å². The Bertz CT molecular complexity index is 1880. The number of unbranched alkanes of at least 4 members (excludes halogenated alkanes) is 5. The fourth-order valence-electron chi connectivity index (χ4n) is 8.07. The van der Waals surface area contributed by atoms with Crippen molar-refractivity contribution in [1.29, 1.82) is 0 Å². The highest BCUT2D eigenvalue weighted by Crippen LogP contribution is 2.13. The molecule has 73 heavy (non-hydrogen) atoms. The van der Waals surface area contributed by atoms with E-state index in [0.717, 1.165) is 39.2 Å². The summed E-state index contributed by atoms with van der Waals surface area (Å²) >= 11 is 0. The van der Waals surface area contributed by atoms with Crippen molar-refractivity contribution >= 4 is 59.4 Å². The normalized spacial score (nSPS) is 15.5. The number of ether oxygens (including phenoxy) is 1. The molecule has 1 fully saturated rings. The minimum absolute atomic E-state index is 0.00979. The fourth-order valence-corrected chi connectivity index (χ4v) is 8.07. The predicted octanol–water partition coefficient (Wildman–Crippen LogP) is -0.260. The van der Waals surface area contributed by atoms with E-state index in [2.05, 4.69) is 33.5 Å². The number of carbonyl (C=O) groups excluding carboxylic acids is 6. The van der Waals surface area contributed by atoms with Crippen LogP contribution in [-0.2, 0) is 59.1 Å². The molecule has 410 valence electrons. The van der Waals surface area contributed by atoms with Crippen molar-refractivity contribution in [1.82, 2.24) is 46.2 Å². The molecule has 0 radical (unpaired) electrons. The van der Waals surface area contributed by atoms with Crippen molar-refractivity contribution in [2.75, 3.05) is 98.7 Å². The Balaban J connectivity index is 2.00. The van der Waals surface area contributed by atoms with E-state index in [1.807, 2.05) is 0 Å². The smallest absolute Gasteiger partial charge is 0.326 e. The molecule has 1 aliphatic rings. The summed E-state index contributed by atoms with van der Waals surface area (Å²) in [4.78, 5) is 131. The molecule has 5 amide bonds. The third-order valence-corrected chi connectivity index (χ3v) is 12.2. The summed E-state index contributed by atoms with van der Waals surface area (Å²) in [5, 5.41) is 51.9. The van der Waals surface area contributed by atoms with Crippen LogP contribution in [0.4, 0.5) is 0 Å². The molecule has 1 saturated heterocycles. The van der Waals surface area contributed by atoms with Gasteiger partial charge < -0.3 is 51.7 Å². The predicted molar refractivity (Wildman–Crippen MR) is 266 cm³/mol. The van der Waals surface area contributed by atoms with Gasteiger partial charge in [0.05, 0.1) is 33.3 Å². The van der Waals surface area contributed by atoms with Crippen LogP contribution in [0.2, 0.25) is 0 Å². The summed E-state index contributed by atoms with van der Waals surface area (Å²) in [6.07, 6.45) is 6.30. The van der Waals surface area contributed by atoms with Crippen LogP contribution in [0.15, 0.2) is 30.3 Å². The summed E-state index contributed by atoms with van der Waals surface area (Å²) in [5.74, 6) is -7.60. The van der Waals surface area contributed by atoms with Crippen LogP contribution in [0.5, 0.6) is 0 Å². The van der Waals surface area contributed by atoms with Gasteiger partial charge in [0.2, 0.25) is 29.5 Å². The molecular formula is C49H79N9O15. The number of carbonyl (C=O) groups is 10. The molecule has 0 spiro atoms. The zero-order valence-electron chi connectivity index (χ0n) is 42.5. The molecule has 3 atom stereocenters. The summed E-state index contributed by atoms with van der Waals surface area (Å²) in [6.45, 7) is 2.45. The molecular weight excluding hydrogens is 955 g/mol. The van der Waals surface area contributed by atoms with Gasteiger partial charge in [-0.3, -0.25) is 62.8 Å². The van der Waals surface area contributed by atoms with Gasteiger partial charge >= 0.3 is 29.8 Å². The van der Waals surface area contributed by atoms with Gasteiger partial charge in [-0.15, -0.1) is 0 Å². The van der Waals surface area contributed by atoms with Crippen LogP contribution in [0.25, 0.3) is 0 Å². The van der Waals surface area contributed by atoms with Crippen molar-refractivity contribution in [3.63, 3.8) is 0 Å². The third kappa shape index (κ3) is 29.2. The van der Waals surface area contributed by atoms with Gasteiger partial charge in [-0.05, 0) is 50.5 Å². The van der Waals surface area contributed by atoms with E-state index in [9.17, 15) is 68.4 Å². The first-order valence-electron chi connectivity index (χ1n) is 25.2. The SMILES string of the molecule is CCCCNC(=O)CCCCCCC(=O)NCCCC[C@@H](NC(=O)[C@@H](Cc1ccccc1)NC(=O)CNC(=O)CC[C@H](C(=O)OC)N1CCN(CC(=O)O)CCN(CC(=O)O)CCN(CC(=O)O)CC1)C(=O)O. The number of aliphatic carboxylic acids is 4. The first-order chi connectivity index (χ1) is 34.9. The van der Waals surface area contributed by atoms with E-state index in [1.54, 1.807) is 49.9 Å². The second kappa shape index (κ2) is 36.6. The van der Waals surface area contributed by atoms with Crippen molar-refractivity contribution in [2.24, 2.45) is 0 Å². The minimum atomic E-state index is -1.31. The third-order valence-electron chi connectivity index (χ3n) is 12.2. The van der Waals surface area contributed by atoms with Gasteiger partial charge in [0, 0.05) is 91.1 Å². The van der Waals surface area contributed by atoms with Crippen molar-refractivity contribution in [2.45, 2.75) is 115 Å². The molecule has 0 aromatic heterocycles. The molecule has 2 rings (SSSR count).